The Labute approximate surface area is 169 Å². The molecule has 3 heterocycles. The molecule has 3 rings (SSSR count). The molecule has 7 nitrogen and oxygen atoms in total. The third kappa shape index (κ3) is 4.42. The zero-order valence-electron chi connectivity index (χ0n) is 16.5. The highest BCUT2D eigenvalue weighted by molar-refractivity contribution is 7.98. The van der Waals surface area contributed by atoms with E-state index in [1.165, 1.54) is 11.8 Å². The second kappa shape index (κ2) is 9.02. The second-order valence-electron chi connectivity index (χ2n) is 6.71. The predicted molar refractivity (Wildman–Crippen MR) is 109 cm³/mol. The number of thioether (sulfide) groups is 1. The molecule has 1 aliphatic rings. The highest BCUT2D eigenvalue weighted by Gasteiger charge is 2.23. The van der Waals surface area contributed by atoms with Crippen molar-refractivity contribution in [3.63, 3.8) is 0 Å². The van der Waals surface area contributed by atoms with E-state index in [2.05, 4.69) is 25.9 Å². The maximum absolute atomic E-state index is 12.7. The minimum Gasteiger partial charge on any atom is -0.352 e. The second-order valence-corrected chi connectivity index (χ2v) is 7.49. The van der Waals surface area contributed by atoms with Crippen LogP contribution >= 0.6 is 11.8 Å². The Hall–Kier alpha value is -2.66. The van der Waals surface area contributed by atoms with Gasteiger partial charge in [-0.05, 0) is 44.2 Å². The number of anilines is 1. The Morgan fingerprint density at radius 1 is 1.21 bits per heavy atom. The van der Waals surface area contributed by atoms with Gasteiger partial charge in [-0.15, -0.1) is 0 Å². The van der Waals surface area contributed by atoms with Crippen LogP contribution in [-0.4, -0.2) is 58.2 Å². The summed E-state index contributed by atoms with van der Waals surface area (Å²) in [6.45, 7) is 6.60. The number of carbonyl (C=O) groups is 1. The molecule has 0 spiro atoms. The molecule has 1 saturated heterocycles. The topological polar surface area (TPSA) is 86.0 Å². The van der Waals surface area contributed by atoms with Gasteiger partial charge in [0.2, 0.25) is 5.91 Å². The summed E-state index contributed by atoms with van der Waals surface area (Å²) in [6, 6.07) is 5.72. The molecule has 0 atom stereocenters. The highest BCUT2D eigenvalue weighted by atomic mass is 32.2. The van der Waals surface area contributed by atoms with Crippen LogP contribution in [0.3, 0.4) is 0 Å². The lowest BCUT2D eigenvalue weighted by atomic mass is 10.1. The van der Waals surface area contributed by atoms with Gasteiger partial charge in [0.25, 0.3) is 0 Å². The smallest absolute Gasteiger partial charge is 0.223 e. The fourth-order valence-corrected chi connectivity index (χ4v) is 3.91. The molecule has 146 valence electrons. The van der Waals surface area contributed by atoms with Gasteiger partial charge in [0.05, 0.1) is 5.56 Å². The van der Waals surface area contributed by atoms with Crippen LogP contribution in [0.2, 0.25) is 0 Å². The van der Waals surface area contributed by atoms with Gasteiger partial charge in [0, 0.05) is 50.2 Å². The molecule has 8 heteroatoms. The highest BCUT2D eigenvalue weighted by Crippen LogP contribution is 2.20. The van der Waals surface area contributed by atoms with Gasteiger partial charge in [-0.1, -0.05) is 11.8 Å². The van der Waals surface area contributed by atoms with E-state index in [1.54, 1.807) is 18.3 Å². The maximum Gasteiger partial charge on any atom is 0.223 e. The number of rotatable bonds is 5. The number of nitrogens with zero attached hydrogens (tertiary/aromatic N) is 6. The van der Waals surface area contributed by atoms with Crippen molar-refractivity contribution in [1.82, 2.24) is 19.9 Å². The lowest BCUT2D eigenvalue weighted by Gasteiger charge is -2.35. The fourth-order valence-electron chi connectivity index (χ4n) is 3.46. The summed E-state index contributed by atoms with van der Waals surface area (Å²) in [5, 5.41) is 10.0. The van der Waals surface area contributed by atoms with Crippen molar-refractivity contribution in [2.45, 2.75) is 31.8 Å². The first-order chi connectivity index (χ1) is 13.5. The molecular weight excluding hydrogens is 372 g/mol. The molecule has 1 fully saturated rings. The fraction of sp³-hybridized carbons (Fsp3) is 0.450. The molecule has 1 aliphatic heterocycles. The van der Waals surface area contributed by atoms with E-state index < -0.39 is 0 Å². The third-order valence-corrected chi connectivity index (χ3v) is 5.56. The van der Waals surface area contributed by atoms with Crippen molar-refractivity contribution < 1.29 is 4.79 Å². The normalized spacial score (nSPS) is 14.1. The molecule has 2 aromatic rings. The SMILES string of the molecule is CSc1nc(C)c(CCC(=O)N2CCN(c3ncccc3C#N)CC2)c(C)n1. The molecule has 1 amide bonds. The minimum atomic E-state index is 0.147. The van der Waals surface area contributed by atoms with Gasteiger partial charge in [-0.25, -0.2) is 15.0 Å². The summed E-state index contributed by atoms with van der Waals surface area (Å²) in [4.78, 5) is 30.0. The van der Waals surface area contributed by atoms with Gasteiger partial charge in [0.15, 0.2) is 5.16 Å². The molecule has 0 aromatic carbocycles. The molecule has 0 unspecified atom stereocenters. The molecule has 0 bridgehead atoms. The molecule has 0 radical (unpaired) electrons. The van der Waals surface area contributed by atoms with E-state index in [-0.39, 0.29) is 5.91 Å². The Kier molecular flexibility index (Phi) is 6.47. The molecular formula is C20H24N6OS. The lowest BCUT2D eigenvalue weighted by molar-refractivity contribution is -0.131. The molecule has 2 aromatic heterocycles. The maximum atomic E-state index is 12.7. The average Bonchev–Trinajstić information content (AvgIpc) is 2.72. The van der Waals surface area contributed by atoms with Crippen LogP contribution in [0.15, 0.2) is 23.5 Å². The number of hydrogen-bond acceptors (Lipinski definition) is 7. The number of piperazine rings is 1. The largest absolute Gasteiger partial charge is 0.352 e. The summed E-state index contributed by atoms with van der Waals surface area (Å²) < 4.78 is 0. The van der Waals surface area contributed by atoms with Gasteiger partial charge < -0.3 is 9.80 Å². The van der Waals surface area contributed by atoms with Crippen LogP contribution in [0.25, 0.3) is 0 Å². The van der Waals surface area contributed by atoms with E-state index in [1.807, 2.05) is 25.0 Å². The molecule has 0 N–H and O–H groups in total. The van der Waals surface area contributed by atoms with Crippen LogP contribution in [0.5, 0.6) is 0 Å². The molecule has 0 aliphatic carbocycles. The summed E-state index contributed by atoms with van der Waals surface area (Å²) in [5.74, 6) is 0.850. The van der Waals surface area contributed by atoms with Crippen molar-refractivity contribution in [3.8, 4) is 6.07 Å². The summed E-state index contributed by atoms with van der Waals surface area (Å²) in [5.41, 5.74) is 3.54. The van der Waals surface area contributed by atoms with Crippen molar-refractivity contribution in [2.75, 3.05) is 37.3 Å². The number of hydrogen-bond donors (Lipinski definition) is 0. The van der Waals surface area contributed by atoms with Crippen LogP contribution in [0, 0.1) is 25.2 Å². The summed E-state index contributed by atoms with van der Waals surface area (Å²) in [6.07, 6.45) is 4.77. The average molecular weight is 397 g/mol. The zero-order chi connectivity index (χ0) is 20.1. The Morgan fingerprint density at radius 2 is 1.89 bits per heavy atom. The van der Waals surface area contributed by atoms with E-state index in [9.17, 15) is 10.1 Å². The minimum absolute atomic E-state index is 0.147. The first-order valence-electron chi connectivity index (χ1n) is 9.29. The van der Waals surface area contributed by atoms with Crippen molar-refractivity contribution in [3.05, 3.63) is 40.8 Å². The van der Waals surface area contributed by atoms with Crippen LogP contribution in [-0.2, 0) is 11.2 Å². The molecule has 0 saturated carbocycles. The number of carbonyl (C=O) groups excluding carboxylic acids is 1. The monoisotopic (exact) mass is 396 g/mol. The number of pyridine rings is 1. The van der Waals surface area contributed by atoms with Gasteiger partial charge >= 0.3 is 0 Å². The van der Waals surface area contributed by atoms with E-state index in [0.29, 0.717) is 50.4 Å². The van der Waals surface area contributed by atoms with Crippen LogP contribution in [0.4, 0.5) is 5.82 Å². The van der Waals surface area contributed by atoms with Gasteiger partial charge in [-0.2, -0.15) is 5.26 Å². The Bertz CT molecular complexity index is 879. The third-order valence-electron chi connectivity index (χ3n) is 5.01. The number of amides is 1. The Morgan fingerprint density at radius 3 is 2.50 bits per heavy atom. The van der Waals surface area contributed by atoms with E-state index in [0.717, 1.165) is 22.1 Å². The number of nitriles is 1. The van der Waals surface area contributed by atoms with Crippen molar-refractivity contribution >= 4 is 23.5 Å². The lowest BCUT2D eigenvalue weighted by Crippen LogP contribution is -2.49. The van der Waals surface area contributed by atoms with E-state index >= 15 is 0 Å². The van der Waals surface area contributed by atoms with Gasteiger partial charge in [0.1, 0.15) is 11.9 Å². The first-order valence-corrected chi connectivity index (χ1v) is 10.5. The standard InChI is InChI=1S/C20H24N6OS/c1-14-17(15(2)24-20(23-14)28-3)6-7-18(27)25-9-11-26(12-10-25)19-16(13-21)5-4-8-22-19/h4-5,8H,6-7,9-12H2,1-3H3. The quantitative estimate of drug-likeness (QED) is 0.566. The Balaban J connectivity index is 1.57. The predicted octanol–water partition coefficient (Wildman–Crippen LogP) is 2.36. The summed E-state index contributed by atoms with van der Waals surface area (Å²) in [7, 11) is 0. The van der Waals surface area contributed by atoms with Crippen molar-refractivity contribution in [1.29, 1.82) is 5.26 Å². The van der Waals surface area contributed by atoms with E-state index in [4.69, 9.17) is 0 Å². The number of aryl methyl sites for hydroxylation is 2. The first kappa shape index (κ1) is 20.1. The number of aromatic nitrogens is 3. The molecule has 28 heavy (non-hydrogen) atoms. The zero-order valence-corrected chi connectivity index (χ0v) is 17.3. The van der Waals surface area contributed by atoms with Crippen LogP contribution in [0.1, 0.15) is 28.9 Å². The van der Waals surface area contributed by atoms with Crippen molar-refractivity contribution in [2.24, 2.45) is 0 Å². The van der Waals surface area contributed by atoms with Crippen LogP contribution < -0.4 is 4.90 Å². The summed E-state index contributed by atoms with van der Waals surface area (Å²) >= 11 is 1.53. The van der Waals surface area contributed by atoms with Gasteiger partial charge in [-0.3, -0.25) is 4.79 Å².